The molecule has 0 heterocycles. The number of carbonyl (C=O) groups excluding carboxylic acids is 1. The Hall–Kier alpha value is -3.49. The lowest BCUT2D eigenvalue weighted by atomic mass is 10.1. The molecular formula is C17H17N3O6. The van der Waals surface area contributed by atoms with Crippen LogP contribution in [0.2, 0.25) is 0 Å². The first-order valence-corrected chi connectivity index (χ1v) is 7.85. The fraction of sp³-hybridized carbons (Fsp3) is 0.235. The maximum atomic E-state index is 12.2. The molecule has 0 spiro atoms. The normalized spacial score (nSPS) is 10.2. The number of hydrogen-bond acceptors (Lipinski definition) is 6. The van der Waals surface area contributed by atoms with Crippen LogP contribution in [-0.2, 0) is 11.2 Å². The fourth-order valence-corrected chi connectivity index (χ4v) is 2.28. The monoisotopic (exact) mass is 359 g/mol. The number of nitrogens with zero attached hydrogens (tertiary/aromatic N) is 2. The second kappa shape index (κ2) is 8.56. The van der Waals surface area contributed by atoms with Crippen LogP contribution in [0.4, 0.5) is 17.1 Å². The lowest BCUT2D eigenvalue weighted by Crippen LogP contribution is -2.16. The van der Waals surface area contributed by atoms with E-state index in [0.29, 0.717) is 12.4 Å². The summed E-state index contributed by atoms with van der Waals surface area (Å²) >= 11 is 0. The van der Waals surface area contributed by atoms with Crippen molar-refractivity contribution in [1.82, 2.24) is 0 Å². The van der Waals surface area contributed by atoms with Crippen LogP contribution in [0.3, 0.4) is 0 Å². The zero-order valence-electron chi connectivity index (χ0n) is 14.0. The Morgan fingerprint density at radius 3 is 2.42 bits per heavy atom. The van der Waals surface area contributed by atoms with Gasteiger partial charge in [0.1, 0.15) is 11.4 Å². The van der Waals surface area contributed by atoms with E-state index in [1.807, 2.05) is 6.92 Å². The van der Waals surface area contributed by atoms with Gasteiger partial charge in [0.25, 0.3) is 11.4 Å². The summed E-state index contributed by atoms with van der Waals surface area (Å²) in [5, 5.41) is 24.7. The van der Waals surface area contributed by atoms with Crippen molar-refractivity contribution in [2.45, 2.75) is 19.8 Å². The molecule has 0 bridgehead atoms. The van der Waals surface area contributed by atoms with E-state index in [4.69, 9.17) is 4.74 Å². The van der Waals surface area contributed by atoms with Gasteiger partial charge in [-0.15, -0.1) is 0 Å². The first kappa shape index (κ1) is 18.8. The molecule has 26 heavy (non-hydrogen) atoms. The summed E-state index contributed by atoms with van der Waals surface area (Å²) in [4.78, 5) is 33.2. The number of carbonyl (C=O) groups is 1. The average Bonchev–Trinajstić information content (AvgIpc) is 2.60. The highest BCUT2D eigenvalue weighted by Gasteiger charge is 2.20. The Morgan fingerprint density at radius 1 is 1.08 bits per heavy atom. The van der Waals surface area contributed by atoms with Gasteiger partial charge < -0.3 is 10.1 Å². The number of nitrogens with one attached hydrogen (secondary N) is 1. The smallest absolute Gasteiger partial charge is 0.296 e. The fourth-order valence-electron chi connectivity index (χ4n) is 2.28. The van der Waals surface area contributed by atoms with Crippen LogP contribution in [0, 0.1) is 20.2 Å². The topological polar surface area (TPSA) is 125 Å². The van der Waals surface area contributed by atoms with E-state index in [1.54, 1.807) is 6.07 Å². The van der Waals surface area contributed by atoms with Crippen LogP contribution in [0.1, 0.15) is 18.9 Å². The Balaban J connectivity index is 2.18. The molecular weight excluding hydrogens is 342 g/mol. The molecule has 1 amide bonds. The first-order valence-electron chi connectivity index (χ1n) is 7.85. The summed E-state index contributed by atoms with van der Waals surface area (Å²) in [6.07, 6.45) is 0.477. The van der Waals surface area contributed by atoms with E-state index in [2.05, 4.69) is 5.32 Å². The summed E-state index contributed by atoms with van der Waals surface area (Å²) in [5.74, 6) is -0.264. The van der Waals surface area contributed by atoms with Gasteiger partial charge in [0.15, 0.2) is 0 Å². The minimum absolute atomic E-state index is 0.00225. The SMILES string of the molecule is CCCOc1ccc(NC(=O)Cc2ccccc2[N+](=O)[O-])c([N+](=O)[O-])c1. The number of rotatable bonds is 8. The van der Waals surface area contributed by atoms with Crippen LogP contribution in [-0.4, -0.2) is 22.4 Å². The maximum Gasteiger partial charge on any atom is 0.296 e. The van der Waals surface area contributed by atoms with Crippen molar-refractivity contribution in [2.24, 2.45) is 0 Å². The van der Waals surface area contributed by atoms with Gasteiger partial charge in [-0.25, -0.2) is 0 Å². The van der Waals surface area contributed by atoms with Crippen molar-refractivity contribution in [2.75, 3.05) is 11.9 Å². The molecule has 0 radical (unpaired) electrons. The molecule has 0 saturated carbocycles. The first-order chi connectivity index (χ1) is 12.4. The van der Waals surface area contributed by atoms with Crippen LogP contribution in [0.25, 0.3) is 0 Å². The van der Waals surface area contributed by atoms with Crippen LogP contribution in [0.15, 0.2) is 42.5 Å². The van der Waals surface area contributed by atoms with Gasteiger partial charge in [-0.2, -0.15) is 0 Å². The molecule has 1 N–H and O–H groups in total. The number of anilines is 1. The van der Waals surface area contributed by atoms with Gasteiger partial charge in [0, 0.05) is 11.6 Å². The summed E-state index contributed by atoms with van der Waals surface area (Å²) in [6.45, 7) is 2.33. The second-order valence-electron chi connectivity index (χ2n) is 5.40. The van der Waals surface area contributed by atoms with E-state index in [-0.39, 0.29) is 29.0 Å². The average molecular weight is 359 g/mol. The number of nitro groups is 2. The number of nitro benzene ring substituents is 2. The molecule has 0 aliphatic carbocycles. The van der Waals surface area contributed by atoms with Crippen molar-refractivity contribution in [3.05, 3.63) is 68.3 Å². The number of benzene rings is 2. The zero-order valence-corrected chi connectivity index (χ0v) is 14.0. The van der Waals surface area contributed by atoms with Gasteiger partial charge in [0.2, 0.25) is 5.91 Å². The minimum Gasteiger partial charge on any atom is -0.493 e. The Labute approximate surface area is 148 Å². The molecule has 9 nitrogen and oxygen atoms in total. The van der Waals surface area contributed by atoms with Crippen LogP contribution >= 0.6 is 0 Å². The summed E-state index contributed by atoms with van der Waals surface area (Å²) in [7, 11) is 0. The van der Waals surface area contributed by atoms with Gasteiger partial charge >= 0.3 is 0 Å². The van der Waals surface area contributed by atoms with Crippen molar-refractivity contribution in [3.63, 3.8) is 0 Å². The van der Waals surface area contributed by atoms with Crippen molar-refractivity contribution in [1.29, 1.82) is 0 Å². The van der Waals surface area contributed by atoms with E-state index in [9.17, 15) is 25.0 Å². The summed E-state index contributed by atoms with van der Waals surface area (Å²) in [6, 6.07) is 9.97. The van der Waals surface area contributed by atoms with Gasteiger partial charge in [-0.3, -0.25) is 25.0 Å². The molecule has 0 saturated heterocycles. The second-order valence-corrected chi connectivity index (χ2v) is 5.40. The van der Waals surface area contributed by atoms with Gasteiger partial charge in [-0.1, -0.05) is 25.1 Å². The third kappa shape index (κ3) is 4.76. The lowest BCUT2D eigenvalue weighted by molar-refractivity contribution is -0.385. The Bertz CT molecular complexity index is 837. The van der Waals surface area contributed by atoms with Crippen LogP contribution in [0.5, 0.6) is 5.75 Å². The molecule has 0 aliphatic heterocycles. The third-order valence-electron chi connectivity index (χ3n) is 3.45. The summed E-state index contributed by atoms with van der Waals surface area (Å²) in [5.41, 5.74) is -0.266. The van der Waals surface area contributed by atoms with Crippen molar-refractivity contribution >= 4 is 23.0 Å². The molecule has 0 unspecified atom stereocenters. The third-order valence-corrected chi connectivity index (χ3v) is 3.45. The highest BCUT2D eigenvalue weighted by atomic mass is 16.6. The van der Waals surface area contributed by atoms with Crippen molar-refractivity contribution in [3.8, 4) is 5.75 Å². The number of amides is 1. The van der Waals surface area contributed by atoms with E-state index in [0.717, 1.165) is 6.42 Å². The summed E-state index contributed by atoms with van der Waals surface area (Å²) < 4.78 is 5.35. The predicted octanol–water partition coefficient (Wildman–Crippen LogP) is 3.47. The highest BCUT2D eigenvalue weighted by molar-refractivity contribution is 5.95. The molecule has 0 aromatic heterocycles. The van der Waals surface area contributed by atoms with E-state index < -0.39 is 15.8 Å². The predicted molar refractivity (Wildman–Crippen MR) is 94.3 cm³/mol. The largest absolute Gasteiger partial charge is 0.493 e. The number of para-hydroxylation sites is 1. The maximum absolute atomic E-state index is 12.2. The molecule has 2 rings (SSSR count). The lowest BCUT2D eigenvalue weighted by Gasteiger charge is -2.09. The van der Waals surface area contributed by atoms with Crippen molar-refractivity contribution < 1.29 is 19.4 Å². The molecule has 136 valence electrons. The standard InChI is InChI=1S/C17H17N3O6/c1-2-9-26-13-7-8-14(16(11-13)20(24)25)18-17(21)10-12-5-3-4-6-15(12)19(22)23/h3-8,11H,2,9-10H2,1H3,(H,18,21). The number of hydrogen-bond donors (Lipinski definition) is 1. The van der Waals surface area contributed by atoms with E-state index >= 15 is 0 Å². The van der Waals surface area contributed by atoms with Crippen LogP contribution < -0.4 is 10.1 Å². The van der Waals surface area contributed by atoms with Gasteiger partial charge in [0.05, 0.1) is 28.9 Å². The Kier molecular flexibility index (Phi) is 6.20. The van der Waals surface area contributed by atoms with E-state index in [1.165, 1.54) is 36.4 Å². The quantitative estimate of drug-likeness (QED) is 0.568. The number of ether oxygens (including phenoxy) is 1. The molecule has 0 fully saturated rings. The van der Waals surface area contributed by atoms with Gasteiger partial charge in [-0.05, 0) is 18.6 Å². The molecule has 2 aromatic carbocycles. The Morgan fingerprint density at radius 2 is 1.77 bits per heavy atom. The zero-order chi connectivity index (χ0) is 19.1. The molecule has 2 aromatic rings. The molecule has 9 heteroatoms. The molecule has 0 atom stereocenters. The minimum atomic E-state index is -0.626. The molecule has 0 aliphatic rings. The highest BCUT2D eigenvalue weighted by Crippen LogP contribution is 2.29.